The first-order valence-corrected chi connectivity index (χ1v) is 5.26. The summed E-state index contributed by atoms with van der Waals surface area (Å²) in [4.78, 5) is 16.3. The van der Waals surface area contributed by atoms with Crippen LogP contribution in [0.1, 0.15) is 10.5 Å². The molecule has 1 aromatic carbocycles. The molecule has 2 aromatic rings. The first kappa shape index (κ1) is 12.0. The molecule has 5 heteroatoms. The van der Waals surface area contributed by atoms with E-state index < -0.39 is 5.97 Å². The molecule has 0 aliphatic rings. The van der Waals surface area contributed by atoms with Gasteiger partial charge in [0.15, 0.2) is 0 Å². The lowest BCUT2D eigenvalue weighted by atomic mass is 10.2. The van der Waals surface area contributed by atoms with Gasteiger partial charge in [-0.25, -0.2) is 14.2 Å². The van der Waals surface area contributed by atoms with Gasteiger partial charge < -0.3 is 10.0 Å². The summed E-state index contributed by atoms with van der Waals surface area (Å²) in [7, 11) is 1.77. The maximum atomic E-state index is 12.8. The van der Waals surface area contributed by atoms with Gasteiger partial charge in [-0.2, -0.15) is 0 Å². The van der Waals surface area contributed by atoms with E-state index >= 15 is 0 Å². The van der Waals surface area contributed by atoms with E-state index in [0.717, 1.165) is 5.69 Å². The number of halogens is 1. The van der Waals surface area contributed by atoms with Crippen molar-refractivity contribution in [2.24, 2.45) is 0 Å². The minimum absolute atomic E-state index is 0.0264. The van der Waals surface area contributed by atoms with Gasteiger partial charge in [0.2, 0.25) is 0 Å². The number of aromatic carboxylic acids is 1. The molecule has 0 amide bonds. The Labute approximate surface area is 103 Å². The Kier molecular flexibility index (Phi) is 3.23. The van der Waals surface area contributed by atoms with E-state index in [1.807, 2.05) is 0 Å². The molecule has 0 fully saturated rings. The molecule has 0 spiro atoms. The molecule has 0 saturated heterocycles. The topological polar surface area (TPSA) is 53.4 Å². The minimum Gasteiger partial charge on any atom is -0.477 e. The van der Waals surface area contributed by atoms with Crippen LogP contribution in [0.4, 0.5) is 15.8 Å². The molecule has 2 rings (SSSR count). The number of hydrogen-bond acceptors (Lipinski definition) is 3. The molecule has 0 aliphatic heterocycles. The average Bonchev–Trinajstić information content (AvgIpc) is 2.39. The summed E-state index contributed by atoms with van der Waals surface area (Å²) in [6, 6.07) is 9.10. The van der Waals surface area contributed by atoms with Gasteiger partial charge in [-0.3, -0.25) is 0 Å². The van der Waals surface area contributed by atoms with Crippen LogP contribution in [0.2, 0.25) is 0 Å². The van der Waals surface area contributed by atoms with E-state index in [1.165, 1.54) is 24.4 Å². The van der Waals surface area contributed by atoms with Gasteiger partial charge in [0.05, 0.1) is 0 Å². The minimum atomic E-state index is -1.08. The van der Waals surface area contributed by atoms with E-state index in [-0.39, 0.29) is 11.5 Å². The normalized spacial score (nSPS) is 10.1. The number of benzene rings is 1. The number of pyridine rings is 1. The van der Waals surface area contributed by atoms with Gasteiger partial charge in [-0.15, -0.1) is 0 Å². The third kappa shape index (κ3) is 2.45. The molecule has 18 heavy (non-hydrogen) atoms. The quantitative estimate of drug-likeness (QED) is 0.904. The third-order valence-corrected chi connectivity index (χ3v) is 2.56. The summed E-state index contributed by atoms with van der Waals surface area (Å²) in [5, 5.41) is 8.87. The van der Waals surface area contributed by atoms with Gasteiger partial charge in [0.1, 0.15) is 11.5 Å². The Balaban J connectivity index is 2.33. The fraction of sp³-hybridized carbons (Fsp3) is 0.0769. The molecule has 0 radical (unpaired) electrons. The Morgan fingerprint density at radius 3 is 2.50 bits per heavy atom. The second kappa shape index (κ2) is 4.83. The maximum absolute atomic E-state index is 12.8. The monoisotopic (exact) mass is 246 g/mol. The highest BCUT2D eigenvalue weighted by molar-refractivity contribution is 5.86. The van der Waals surface area contributed by atoms with Gasteiger partial charge in [0, 0.05) is 24.6 Å². The summed E-state index contributed by atoms with van der Waals surface area (Å²) in [6.45, 7) is 0. The summed E-state index contributed by atoms with van der Waals surface area (Å²) < 4.78 is 12.8. The molecular formula is C13H11FN2O2. The number of carboxylic acids is 1. The van der Waals surface area contributed by atoms with Crippen LogP contribution < -0.4 is 4.90 Å². The molecule has 0 saturated carbocycles. The fourth-order valence-corrected chi connectivity index (χ4v) is 1.56. The Bertz CT molecular complexity index is 569. The van der Waals surface area contributed by atoms with Crippen molar-refractivity contribution >= 4 is 17.3 Å². The van der Waals surface area contributed by atoms with Crippen molar-refractivity contribution in [1.82, 2.24) is 4.98 Å². The molecule has 1 N–H and O–H groups in total. The summed E-state index contributed by atoms with van der Waals surface area (Å²) in [5.74, 6) is -1.39. The van der Waals surface area contributed by atoms with Crippen molar-refractivity contribution in [2.75, 3.05) is 11.9 Å². The average molecular weight is 246 g/mol. The van der Waals surface area contributed by atoms with Crippen LogP contribution in [-0.2, 0) is 0 Å². The molecule has 0 bridgehead atoms. The van der Waals surface area contributed by atoms with Gasteiger partial charge >= 0.3 is 5.97 Å². The highest BCUT2D eigenvalue weighted by Gasteiger charge is 2.09. The van der Waals surface area contributed by atoms with E-state index in [1.54, 1.807) is 30.1 Å². The first-order valence-electron chi connectivity index (χ1n) is 5.26. The Morgan fingerprint density at radius 1 is 1.22 bits per heavy atom. The van der Waals surface area contributed by atoms with Gasteiger partial charge in [-0.1, -0.05) is 0 Å². The maximum Gasteiger partial charge on any atom is 0.354 e. The molecular weight excluding hydrogens is 235 g/mol. The van der Waals surface area contributed by atoms with Crippen LogP contribution in [0.15, 0.2) is 42.6 Å². The highest BCUT2D eigenvalue weighted by atomic mass is 19.1. The Morgan fingerprint density at radius 2 is 1.89 bits per heavy atom. The molecule has 0 unspecified atom stereocenters. The molecule has 0 atom stereocenters. The van der Waals surface area contributed by atoms with E-state index in [0.29, 0.717) is 5.69 Å². The number of anilines is 2. The number of carbonyl (C=O) groups is 1. The fourth-order valence-electron chi connectivity index (χ4n) is 1.56. The van der Waals surface area contributed by atoms with Crippen LogP contribution >= 0.6 is 0 Å². The molecule has 0 aliphatic carbocycles. The predicted molar refractivity (Wildman–Crippen MR) is 65.7 cm³/mol. The van der Waals surface area contributed by atoms with Crippen molar-refractivity contribution in [3.8, 4) is 0 Å². The van der Waals surface area contributed by atoms with Crippen molar-refractivity contribution in [2.45, 2.75) is 0 Å². The number of carboxylic acid groups (broad SMARTS) is 1. The van der Waals surface area contributed by atoms with Gasteiger partial charge in [-0.05, 0) is 36.4 Å². The largest absolute Gasteiger partial charge is 0.477 e. The number of nitrogens with zero attached hydrogens (tertiary/aromatic N) is 2. The summed E-state index contributed by atoms with van der Waals surface area (Å²) in [5.41, 5.74) is 1.41. The molecule has 1 heterocycles. The van der Waals surface area contributed by atoms with Crippen LogP contribution in [-0.4, -0.2) is 23.1 Å². The van der Waals surface area contributed by atoms with E-state index in [2.05, 4.69) is 4.98 Å². The SMILES string of the molecule is CN(c1ccc(F)cc1)c1ccnc(C(=O)O)c1. The number of hydrogen-bond donors (Lipinski definition) is 1. The van der Waals surface area contributed by atoms with Crippen molar-refractivity contribution in [3.05, 3.63) is 54.1 Å². The lowest BCUT2D eigenvalue weighted by Crippen LogP contribution is -2.11. The van der Waals surface area contributed by atoms with Crippen LogP contribution in [0.3, 0.4) is 0 Å². The van der Waals surface area contributed by atoms with Crippen molar-refractivity contribution < 1.29 is 14.3 Å². The standard InChI is InChI=1S/C13H11FN2O2/c1-16(10-4-2-9(14)3-5-10)11-6-7-15-12(8-11)13(17)18/h2-8H,1H3,(H,17,18). The predicted octanol–water partition coefficient (Wildman–Crippen LogP) is 2.69. The zero-order chi connectivity index (χ0) is 13.1. The first-order chi connectivity index (χ1) is 8.58. The molecule has 1 aromatic heterocycles. The lowest BCUT2D eigenvalue weighted by Gasteiger charge is -2.19. The zero-order valence-corrected chi connectivity index (χ0v) is 9.67. The third-order valence-electron chi connectivity index (χ3n) is 2.56. The summed E-state index contributed by atoms with van der Waals surface area (Å²) in [6.07, 6.45) is 1.43. The van der Waals surface area contributed by atoms with E-state index in [4.69, 9.17) is 5.11 Å². The zero-order valence-electron chi connectivity index (χ0n) is 9.67. The van der Waals surface area contributed by atoms with Crippen LogP contribution in [0.5, 0.6) is 0 Å². The second-order valence-electron chi connectivity index (χ2n) is 3.74. The van der Waals surface area contributed by atoms with Gasteiger partial charge in [0.25, 0.3) is 0 Å². The van der Waals surface area contributed by atoms with Crippen molar-refractivity contribution in [3.63, 3.8) is 0 Å². The van der Waals surface area contributed by atoms with Crippen LogP contribution in [0.25, 0.3) is 0 Å². The Hall–Kier alpha value is -2.43. The summed E-state index contributed by atoms with van der Waals surface area (Å²) >= 11 is 0. The number of aromatic nitrogens is 1. The lowest BCUT2D eigenvalue weighted by molar-refractivity contribution is 0.0690. The van der Waals surface area contributed by atoms with E-state index in [9.17, 15) is 9.18 Å². The number of rotatable bonds is 3. The second-order valence-corrected chi connectivity index (χ2v) is 3.74. The smallest absolute Gasteiger partial charge is 0.354 e. The molecule has 92 valence electrons. The molecule has 4 nitrogen and oxygen atoms in total. The van der Waals surface area contributed by atoms with Crippen molar-refractivity contribution in [1.29, 1.82) is 0 Å². The van der Waals surface area contributed by atoms with Crippen LogP contribution in [0, 0.1) is 5.82 Å². The highest BCUT2D eigenvalue weighted by Crippen LogP contribution is 2.23.